The fourth-order valence-electron chi connectivity index (χ4n) is 3.37. The van der Waals surface area contributed by atoms with Crippen molar-refractivity contribution in [2.24, 2.45) is 0 Å². The molecule has 1 amide bonds. The molecule has 0 atom stereocenters. The van der Waals surface area contributed by atoms with Crippen molar-refractivity contribution in [2.75, 3.05) is 13.1 Å². The van der Waals surface area contributed by atoms with Crippen LogP contribution in [0.15, 0.2) is 35.0 Å². The van der Waals surface area contributed by atoms with E-state index < -0.39 is 0 Å². The molecule has 0 spiro atoms. The van der Waals surface area contributed by atoms with Crippen molar-refractivity contribution < 1.29 is 9.32 Å². The standard InChI is InChI=1S/C19H21ClN6O2/c1-2-17-21-19(28-23-17)16-12-26(24-22-16)15-6-8-25(9-7-15)18(27)11-13-4-3-5-14(20)10-13/h3-5,10,12,15H,2,6-9,11H2,1H3. The molecular weight excluding hydrogens is 380 g/mol. The summed E-state index contributed by atoms with van der Waals surface area (Å²) in [5, 5.41) is 12.9. The quantitative estimate of drug-likeness (QED) is 0.654. The molecular formula is C19H21ClN6O2. The van der Waals surface area contributed by atoms with E-state index in [0.29, 0.717) is 48.4 Å². The predicted octanol–water partition coefficient (Wildman–Crippen LogP) is 2.95. The molecule has 3 aromatic rings. The van der Waals surface area contributed by atoms with Gasteiger partial charge in [0.2, 0.25) is 5.91 Å². The molecule has 4 rings (SSSR count). The van der Waals surface area contributed by atoms with E-state index in [1.165, 1.54) is 0 Å². The summed E-state index contributed by atoms with van der Waals surface area (Å²) in [4.78, 5) is 18.7. The van der Waals surface area contributed by atoms with Crippen LogP contribution < -0.4 is 0 Å². The largest absolute Gasteiger partial charge is 0.342 e. The maximum atomic E-state index is 12.6. The first-order valence-corrected chi connectivity index (χ1v) is 9.77. The minimum absolute atomic E-state index is 0.123. The molecule has 8 nitrogen and oxygen atoms in total. The second kappa shape index (κ2) is 8.10. The molecule has 0 radical (unpaired) electrons. The van der Waals surface area contributed by atoms with Crippen molar-refractivity contribution in [2.45, 2.75) is 38.6 Å². The molecule has 146 valence electrons. The number of hydrogen-bond acceptors (Lipinski definition) is 6. The summed E-state index contributed by atoms with van der Waals surface area (Å²) in [5.74, 6) is 1.16. The van der Waals surface area contributed by atoms with E-state index in [1.54, 1.807) is 0 Å². The highest BCUT2D eigenvalue weighted by Crippen LogP contribution is 2.24. The number of carbonyl (C=O) groups excluding carboxylic acids is 1. The molecule has 28 heavy (non-hydrogen) atoms. The lowest BCUT2D eigenvalue weighted by molar-refractivity contribution is -0.131. The summed E-state index contributed by atoms with van der Waals surface area (Å²) >= 11 is 6.00. The normalized spacial score (nSPS) is 15.1. The second-order valence-electron chi connectivity index (χ2n) is 6.87. The number of carbonyl (C=O) groups is 1. The van der Waals surface area contributed by atoms with Crippen LogP contribution in [0.1, 0.15) is 37.2 Å². The van der Waals surface area contributed by atoms with Gasteiger partial charge in [0.05, 0.1) is 18.7 Å². The summed E-state index contributed by atoms with van der Waals surface area (Å²) in [7, 11) is 0. The van der Waals surface area contributed by atoms with Crippen LogP contribution in [0, 0.1) is 0 Å². The number of rotatable bonds is 5. The predicted molar refractivity (Wildman–Crippen MR) is 103 cm³/mol. The highest BCUT2D eigenvalue weighted by Gasteiger charge is 2.25. The molecule has 3 heterocycles. The Kier molecular flexibility index (Phi) is 5.38. The van der Waals surface area contributed by atoms with Gasteiger partial charge in [-0.25, -0.2) is 4.68 Å². The van der Waals surface area contributed by atoms with Gasteiger partial charge in [-0.1, -0.05) is 41.0 Å². The Morgan fingerprint density at radius 2 is 2.14 bits per heavy atom. The molecule has 0 unspecified atom stereocenters. The zero-order valence-electron chi connectivity index (χ0n) is 15.6. The molecule has 1 fully saturated rings. The van der Waals surface area contributed by atoms with Gasteiger partial charge in [-0.3, -0.25) is 4.79 Å². The highest BCUT2D eigenvalue weighted by molar-refractivity contribution is 6.30. The molecule has 0 bridgehead atoms. The number of amides is 1. The topological polar surface area (TPSA) is 89.9 Å². The maximum absolute atomic E-state index is 12.6. The SMILES string of the molecule is CCc1noc(-c2cn(C3CCN(C(=O)Cc4cccc(Cl)c4)CC3)nn2)n1. The van der Waals surface area contributed by atoms with Crippen LogP contribution in [0.4, 0.5) is 0 Å². The Morgan fingerprint density at radius 1 is 1.32 bits per heavy atom. The summed E-state index contributed by atoms with van der Waals surface area (Å²) in [5.41, 5.74) is 1.51. The molecule has 1 saturated heterocycles. The van der Waals surface area contributed by atoms with E-state index >= 15 is 0 Å². The lowest BCUT2D eigenvalue weighted by atomic mass is 10.0. The van der Waals surface area contributed by atoms with Crippen molar-refractivity contribution in [3.05, 3.63) is 46.9 Å². The zero-order chi connectivity index (χ0) is 19.5. The van der Waals surface area contributed by atoms with E-state index in [4.69, 9.17) is 16.1 Å². The Labute approximate surface area is 167 Å². The number of halogens is 1. The summed E-state index contributed by atoms with van der Waals surface area (Å²) in [6.45, 7) is 3.35. The molecule has 0 aliphatic carbocycles. The fraction of sp³-hybridized carbons (Fsp3) is 0.421. The first-order valence-electron chi connectivity index (χ1n) is 9.39. The van der Waals surface area contributed by atoms with E-state index in [0.717, 1.165) is 18.4 Å². The molecule has 9 heteroatoms. The number of benzene rings is 1. The van der Waals surface area contributed by atoms with Gasteiger partial charge < -0.3 is 9.42 Å². The van der Waals surface area contributed by atoms with Gasteiger partial charge in [-0.2, -0.15) is 4.98 Å². The Morgan fingerprint density at radius 3 is 2.86 bits per heavy atom. The Hall–Kier alpha value is -2.74. The van der Waals surface area contributed by atoms with Crippen molar-refractivity contribution >= 4 is 17.5 Å². The van der Waals surface area contributed by atoms with Crippen LogP contribution in [-0.2, 0) is 17.6 Å². The van der Waals surface area contributed by atoms with Crippen molar-refractivity contribution in [3.63, 3.8) is 0 Å². The average Bonchev–Trinajstić information content (AvgIpc) is 3.37. The minimum Gasteiger partial charge on any atom is -0.342 e. The summed E-state index contributed by atoms with van der Waals surface area (Å²) in [6, 6.07) is 7.64. The molecule has 0 N–H and O–H groups in total. The van der Waals surface area contributed by atoms with E-state index in [-0.39, 0.29) is 11.9 Å². The number of hydrogen-bond donors (Lipinski definition) is 0. The zero-order valence-corrected chi connectivity index (χ0v) is 16.3. The number of likely N-dealkylation sites (tertiary alicyclic amines) is 1. The summed E-state index contributed by atoms with van der Waals surface area (Å²) < 4.78 is 7.05. The third-order valence-corrected chi connectivity index (χ3v) is 5.18. The first kappa shape index (κ1) is 18.6. The van der Waals surface area contributed by atoms with Crippen LogP contribution in [0.5, 0.6) is 0 Å². The number of nitrogens with zero attached hydrogens (tertiary/aromatic N) is 6. The molecule has 1 aliphatic rings. The maximum Gasteiger partial charge on any atom is 0.280 e. The van der Waals surface area contributed by atoms with Gasteiger partial charge in [-0.15, -0.1) is 5.10 Å². The number of piperidine rings is 1. The van der Waals surface area contributed by atoms with Gasteiger partial charge in [-0.05, 0) is 30.5 Å². The van der Waals surface area contributed by atoms with E-state index in [9.17, 15) is 4.79 Å². The monoisotopic (exact) mass is 400 g/mol. The Bertz CT molecular complexity index is 961. The first-order chi connectivity index (χ1) is 13.6. The summed E-state index contributed by atoms with van der Waals surface area (Å²) in [6.07, 6.45) is 4.57. The minimum atomic E-state index is 0.123. The van der Waals surface area contributed by atoms with Crippen molar-refractivity contribution in [1.29, 1.82) is 0 Å². The van der Waals surface area contributed by atoms with Gasteiger partial charge in [0.15, 0.2) is 11.5 Å². The lowest BCUT2D eigenvalue weighted by Gasteiger charge is -2.32. The van der Waals surface area contributed by atoms with Crippen LogP contribution in [0.2, 0.25) is 5.02 Å². The number of aromatic nitrogens is 5. The van der Waals surface area contributed by atoms with Gasteiger partial charge in [0.25, 0.3) is 5.89 Å². The van der Waals surface area contributed by atoms with Crippen molar-refractivity contribution in [3.8, 4) is 11.6 Å². The molecule has 0 saturated carbocycles. The smallest absolute Gasteiger partial charge is 0.280 e. The van der Waals surface area contributed by atoms with Crippen LogP contribution in [0.3, 0.4) is 0 Å². The van der Waals surface area contributed by atoms with Gasteiger partial charge >= 0.3 is 0 Å². The average molecular weight is 401 g/mol. The highest BCUT2D eigenvalue weighted by atomic mass is 35.5. The van der Waals surface area contributed by atoms with E-state index in [1.807, 2.05) is 47.0 Å². The molecule has 2 aromatic heterocycles. The van der Waals surface area contributed by atoms with E-state index in [2.05, 4.69) is 20.5 Å². The van der Waals surface area contributed by atoms with Crippen LogP contribution >= 0.6 is 11.6 Å². The van der Waals surface area contributed by atoms with Gasteiger partial charge in [0.1, 0.15) is 0 Å². The fourth-order valence-corrected chi connectivity index (χ4v) is 3.58. The molecule has 1 aliphatic heterocycles. The van der Waals surface area contributed by atoms with Crippen LogP contribution in [-0.4, -0.2) is 49.0 Å². The van der Waals surface area contributed by atoms with Crippen molar-refractivity contribution in [1.82, 2.24) is 30.0 Å². The molecule has 1 aromatic carbocycles. The number of aryl methyl sites for hydroxylation is 1. The third-order valence-electron chi connectivity index (χ3n) is 4.95. The third kappa shape index (κ3) is 4.06. The van der Waals surface area contributed by atoms with Gasteiger partial charge in [0, 0.05) is 24.5 Å². The second-order valence-corrected chi connectivity index (χ2v) is 7.31. The van der Waals surface area contributed by atoms with Crippen LogP contribution in [0.25, 0.3) is 11.6 Å². The Balaban J connectivity index is 1.34. The lowest BCUT2D eigenvalue weighted by Crippen LogP contribution is -2.40.